The molecule has 0 bridgehead atoms. The minimum absolute atomic E-state index is 0.101. The maximum absolute atomic E-state index is 13.4. The predicted octanol–water partition coefficient (Wildman–Crippen LogP) is 6.29. The van der Waals surface area contributed by atoms with E-state index in [9.17, 15) is 30.0 Å². The smallest absolute Gasteiger partial charge is 0.190 e. The van der Waals surface area contributed by atoms with Gasteiger partial charge in [-0.15, -0.1) is 0 Å². The third-order valence-electron chi connectivity index (χ3n) is 8.68. The molecule has 0 aliphatic heterocycles. The van der Waals surface area contributed by atoms with Crippen LogP contribution in [0.1, 0.15) is 22.3 Å². The van der Waals surface area contributed by atoms with Gasteiger partial charge in [-0.3, -0.25) is 9.59 Å². The quantitative estimate of drug-likeness (QED) is 0.144. The molecule has 0 spiro atoms. The molecule has 8 aromatic rings. The van der Waals surface area contributed by atoms with Crippen molar-refractivity contribution in [2.24, 2.45) is 0 Å². The van der Waals surface area contributed by atoms with Crippen LogP contribution in [0, 0.1) is 27.7 Å². The number of aryl methyl sites for hydroxylation is 4. The van der Waals surface area contributed by atoms with Crippen LogP contribution >= 0.6 is 0 Å². The van der Waals surface area contributed by atoms with Crippen LogP contribution in [-0.2, 0) is 0 Å². The van der Waals surface area contributed by atoms with Crippen molar-refractivity contribution >= 4 is 75.4 Å². The molecule has 0 aliphatic carbocycles. The first kappa shape index (κ1) is 21.3. The lowest BCUT2D eigenvalue weighted by molar-refractivity contribution is 0.465. The van der Waals surface area contributed by atoms with Crippen molar-refractivity contribution < 1.29 is 20.4 Å². The normalized spacial score (nSPS) is 12.8. The first-order chi connectivity index (χ1) is 18.0. The van der Waals surface area contributed by atoms with E-state index in [1.165, 1.54) is 12.1 Å². The summed E-state index contributed by atoms with van der Waals surface area (Å²) in [6, 6.07) is 6.06. The molecule has 0 fully saturated rings. The zero-order valence-electron chi connectivity index (χ0n) is 20.9. The standard InChI is InChI=1S/C32H20O6/c1-9-5-13(33)21-25-17(9)18-10(2)6-14(34)22-26(18)30-28-20(12(4)8-16(36)24(28)32(22)38)19-11(3)7-15(35)23(31(21)37)27(19)29(25)30/h5-8,33-34,37-38H,1-4H3. The van der Waals surface area contributed by atoms with Crippen LogP contribution in [0.25, 0.3) is 75.4 Å². The minimum atomic E-state index is -0.371. The Kier molecular flexibility index (Phi) is 3.45. The molecule has 0 unspecified atom stereocenters. The Morgan fingerprint density at radius 2 is 0.632 bits per heavy atom. The second kappa shape index (κ2) is 6.17. The van der Waals surface area contributed by atoms with E-state index in [2.05, 4.69) is 0 Å². The molecular weight excluding hydrogens is 480 g/mol. The molecule has 0 saturated carbocycles. The van der Waals surface area contributed by atoms with Gasteiger partial charge in [0.05, 0.1) is 21.5 Å². The Bertz CT molecular complexity index is 2330. The maximum atomic E-state index is 13.4. The van der Waals surface area contributed by atoms with E-state index in [1.807, 2.05) is 27.7 Å². The number of phenols is 4. The molecule has 4 N–H and O–H groups in total. The topological polar surface area (TPSA) is 115 Å². The van der Waals surface area contributed by atoms with Crippen molar-refractivity contribution in [2.45, 2.75) is 27.7 Å². The minimum Gasteiger partial charge on any atom is -0.507 e. The molecule has 6 heteroatoms. The van der Waals surface area contributed by atoms with Crippen molar-refractivity contribution in [3.05, 3.63) is 67.0 Å². The molecule has 38 heavy (non-hydrogen) atoms. The van der Waals surface area contributed by atoms with E-state index in [1.54, 1.807) is 12.1 Å². The van der Waals surface area contributed by atoms with E-state index in [0.29, 0.717) is 54.2 Å². The lowest BCUT2D eigenvalue weighted by Gasteiger charge is -2.26. The van der Waals surface area contributed by atoms with Crippen molar-refractivity contribution in [1.82, 2.24) is 0 Å². The summed E-state index contributed by atoms with van der Waals surface area (Å²) >= 11 is 0. The van der Waals surface area contributed by atoms with E-state index in [-0.39, 0.29) is 55.4 Å². The molecule has 0 atom stereocenters. The van der Waals surface area contributed by atoms with Gasteiger partial charge in [0.25, 0.3) is 0 Å². The summed E-state index contributed by atoms with van der Waals surface area (Å²) in [5.41, 5.74) is 2.10. The van der Waals surface area contributed by atoms with Crippen LogP contribution in [0.3, 0.4) is 0 Å². The number of fused-ring (bicyclic) bond motifs is 2. The average molecular weight is 501 g/mol. The van der Waals surface area contributed by atoms with Crippen molar-refractivity contribution in [1.29, 1.82) is 0 Å². The van der Waals surface area contributed by atoms with Crippen molar-refractivity contribution in [3.63, 3.8) is 0 Å². The van der Waals surface area contributed by atoms with Crippen molar-refractivity contribution in [3.8, 4) is 23.0 Å². The number of phenolic OH excluding ortho intramolecular Hbond substituents is 4. The van der Waals surface area contributed by atoms with Gasteiger partial charge in [0.1, 0.15) is 23.0 Å². The van der Waals surface area contributed by atoms with Gasteiger partial charge in [0.2, 0.25) is 0 Å². The van der Waals surface area contributed by atoms with E-state index >= 15 is 0 Å². The van der Waals surface area contributed by atoms with Crippen LogP contribution in [-0.4, -0.2) is 20.4 Å². The van der Waals surface area contributed by atoms with Crippen LogP contribution < -0.4 is 10.9 Å². The second-order valence-corrected chi connectivity index (χ2v) is 10.8. The molecule has 8 rings (SSSR count). The Hall–Kier alpha value is -4.84. The highest BCUT2D eigenvalue weighted by Gasteiger charge is 2.32. The fraction of sp³-hybridized carbons (Fsp3) is 0.125. The van der Waals surface area contributed by atoms with Gasteiger partial charge < -0.3 is 20.4 Å². The maximum Gasteiger partial charge on any atom is 0.190 e. The SMILES string of the molecule is Cc1cc(O)c2c(O)c3c(=O)cc(C)c4c5c(C)cc(=O)c6c(O)c7c(O)cc(C)c8c1c2c(c34)c(c78)c65. The summed E-state index contributed by atoms with van der Waals surface area (Å²) in [5, 5.41) is 52.4. The summed E-state index contributed by atoms with van der Waals surface area (Å²) in [6.07, 6.45) is 0. The fourth-order valence-corrected chi connectivity index (χ4v) is 7.41. The van der Waals surface area contributed by atoms with Gasteiger partial charge in [-0.05, 0) is 95.8 Å². The monoisotopic (exact) mass is 500 g/mol. The first-order valence-electron chi connectivity index (χ1n) is 12.4. The summed E-state index contributed by atoms with van der Waals surface area (Å²) in [4.78, 5) is 26.9. The lowest BCUT2D eigenvalue weighted by Crippen LogP contribution is -2.09. The Morgan fingerprint density at radius 3 is 0.974 bits per heavy atom. The number of benzene rings is 8. The summed E-state index contributed by atoms with van der Waals surface area (Å²) in [7, 11) is 0. The summed E-state index contributed by atoms with van der Waals surface area (Å²) in [5.74, 6) is -0.860. The Balaban J connectivity index is 2.04. The third kappa shape index (κ3) is 2.00. The van der Waals surface area contributed by atoms with Gasteiger partial charge >= 0.3 is 0 Å². The highest BCUT2D eigenvalue weighted by molar-refractivity contribution is 6.51. The van der Waals surface area contributed by atoms with Crippen LogP contribution in [0.5, 0.6) is 23.0 Å². The number of rotatable bonds is 0. The molecule has 0 amide bonds. The highest BCUT2D eigenvalue weighted by Crippen LogP contribution is 2.58. The molecule has 0 heterocycles. The molecular formula is C32H20O6. The van der Waals surface area contributed by atoms with Gasteiger partial charge in [-0.25, -0.2) is 0 Å². The Labute approximate surface area is 213 Å². The Morgan fingerprint density at radius 1 is 0.368 bits per heavy atom. The van der Waals surface area contributed by atoms with Crippen LogP contribution in [0.4, 0.5) is 0 Å². The van der Waals surface area contributed by atoms with Crippen molar-refractivity contribution in [2.75, 3.05) is 0 Å². The highest BCUT2D eigenvalue weighted by atomic mass is 16.3. The van der Waals surface area contributed by atoms with E-state index in [0.717, 1.165) is 21.9 Å². The molecule has 6 nitrogen and oxygen atoms in total. The van der Waals surface area contributed by atoms with Gasteiger partial charge in [0, 0.05) is 32.3 Å². The average Bonchev–Trinajstić information content (AvgIpc) is 2.82. The van der Waals surface area contributed by atoms with E-state index in [4.69, 9.17) is 0 Å². The summed E-state index contributed by atoms with van der Waals surface area (Å²) < 4.78 is 0. The third-order valence-corrected chi connectivity index (χ3v) is 8.68. The lowest BCUT2D eigenvalue weighted by atomic mass is 9.77. The van der Waals surface area contributed by atoms with Gasteiger partial charge in [0.15, 0.2) is 10.9 Å². The van der Waals surface area contributed by atoms with Gasteiger partial charge in [-0.1, -0.05) is 0 Å². The molecule has 0 radical (unpaired) electrons. The fourth-order valence-electron chi connectivity index (χ4n) is 7.41. The molecule has 0 aromatic heterocycles. The molecule has 0 aliphatic rings. The molecule has 184 valence electrons. The predicted molar refractivity (Wildman–Crippen MR) is 152 cm³/mol. The zero-order valence-corrected chi connectivity index (χ0v) is 20.9. The van der Waals surface area contributed by atoms with Crippen LogP contribution in [0.2, 0.25) is 0 Å². The first-order valence-corrected chi connectivity index (χ1v) is 12.4. The van der Waals surface area contributed by atoms with Gasteiger partial charge in [-0.2, -0.15) is 0 Å². The zero-order chi connectivity index (χ0) is 26.7. The second-order valence-electron chi connectivity index (χ2n) is 10.8. The number of aromatic hydroxyl groups is 4. The molecule has 0 saturated heterocycles. The number of hydrogen-bond acceptors (Lipinski definition) is 6. The largest absolute Gasteiger partial charge is 0.507 e. The number of hydrogen-bond donors (Lipinski definition) is 4. The summed E-state index contributed by atoms with van der Waals surface area (Å²) in [6.45, 7) is 7.37. The van der Waals surface area contributed by atoms with Crippen LogP contribution in [0.15, 0.2) is 33.9 Å². The molecule has 8 aromatic carbocycles. The van der Waals surface area contributed by atoms with E-state index < -0.39 is 0 Å².